The van der Waals surface area contributed by atoms with Gasteiger partial charge < -0.3 is 20.4 Å². The predicted octanol–water partition coefficient (Wildman–Crippen LogP) is 2.13. The van der Waals surface area contributed by atoms with Crippen LogP contribution in [-0.4, -0.2) is 41.7 Å². The molecule has 0 fully saturated rings. The second kappa shape index (κ2) is 6.95. The number of carbonyl (C=O) groups excluding carboxylic acids is 1. The van der Waals surface area contributed by atoms with E-state index in [1.54, 1.807) is 0 Å². The van der Waals surface area contributed by atoms with Crippen molar-refractivity contribution in [1.82, 2.24) is 10.2 Å². The number of rotatable bonds is 5. The van der Waals surface area contributed by atoms with Crippen LogP contribution >= 0.6 is 0 Å². The maximum atomic E-state index is 12.2. The summed E-state index contributed by atoms with van der Waals surface area (Å²) in [5.74, 6) is -0.636. The second-order valence-electron chi connectivity index (χ2n) is 5.30. The molecule has 116 valence electrons. The Labute approximate surface area is 129 Å². The monoisotopic (exact) mass is 300 g/mol. The van der Waals surface area contributed by atoms with Gasteiger partial charge in [-0.3, -0.25) is 4.79 Å². The molecule has 1 unspecified atom stereocenters. The van der Waals surface area contributed by atoms with Crippen molar-refractivity contribution in [2.24, 2.45) is 0 Å². The first-order valence-electron chi connectivity index (χ1n) is 7.00. The van der Waals surface area contributed by atoms with Crippen molar-refractivity contribution < 1.29 is 15.0 Å². The quantitative estimate of drug-likeness (QED) is 0.740. The van der Waals surface area contributed by atoms with Crippen LogP contribution < -0.4 is 5.32 Å². The standard InChI is InChI=1S/C17H20N2O3/c1-19(2)15(12-6-4-3-5-7-12)11-18-17(22)14-10-13(20)8-9-16(14)21/h3-10,15,20-21H,11H2,1-2H3,(H,18,22). The smallest absolute Gasteiger partial charge is 0.255 e. The zero-order valence-electron chi connectivity index (χ0n) is 12.7. The molecule has 2 rings (SSSR count). The number of benzene rings is 2. The van der Waals surface area contributed by atoms with Crippen LogP contribution in [0.2, 0.25) is 0 Å². The van der Waals surface area contributed by atoms with E-state index in [2.05, 4.69) is 5.32 Å². The van der Waals surface area contributed by atoms with Crippen LogP contribution in [0.25, 0.3) is 0 Å². The number of nitrogens with one attached hydrogen (secondary N) is 1. The SMILES string of the molecule is CN(C)C(CNC(=O)c1cc(O)ccc1O)c1ccccc1. The molecule has 0 aliphatic heterocycles. The topological polar surface area (TPSA) is 72.8 Å². The molecule has 5 nitrogen and oxygen atoms in total. The fourth-order valence-electron chi connectivity index (χ4n) is 2.26. The van der Waals surface area contributed by atoms with E-state index in [0.717, 1.165) is 5.56 Å². The third-order valence-electron chi connectivity index (χ3n) is 3.49. The van der Waals surface area contributed by atoms with Crippen molar-refractivity contribution in [1.29, 1.82) is 0 Å². The molecule has 2 aromatic rings. The number of carbonyl (C=O) groups is 1. The number of hydrogen-bond donors (Lipinski definition) is 3. The van der Waals surface area contributed by atoms with Crippen molar-refractivity contribution in [3.05, 3.63) is 59.7 Å². The highest BCUT2D eigenvalue weighted by Gasteiger charge is 2.17. The summed E-state index contributed by atoms with van der Waals surface area (Å²) < 4.78 is 0. The molecule has 0 aliphatic carbocycles. The highest BCUT2D eigenvalue weighted by atomic mass is 16.3. The molecule has 0 saturated carbocycles. The van der Waals surface area contributed by atoms with Crippen molar-refractivity contribution in [3.8, 4) is 11.5 Å². The molecule has 2 aromatic carbocycles. The van der Waals surface area contributed by atoms with Crippen LogP contribution in [0.1, 0.15) is 22.0 Å². The van der Waals surface area contributed by atoms with Gasteiger partial charge in [0.1, 0.15) is 11.5 Å². The van der Waals surface area contributed by atoms with Gasteiger partial charge in [0.2, 0.25) is 0 Å². The minimum absolute atomic E-state index is 0.0182. The molecule has 0 bridgehead atoms. The molecule has 1 amide bonds. The molecular formula is C17H20N2O3. The van der Waals surface area contributed by atoms with Gasteiger partial charge in [-0.2, -0.15) is 0 Å². The summed E-state index contributed by atoms with van der Waals surface area (Å²) in [6.07, 6.45) is 0. The first kappa shape index (κ1) is 15.9. The van der Waals surface area contributed by atoms with Crippen molar-refractivity contribution in [2.45, 2.75) is 6.04 Å². The van der Waals surface area contributed by atoms with E-state index in [4.69, 9.17) is 0 Å². The van der Waals surface area contributed by atoms with Gasteiger partial charge in [-0.1, -0.05) is 30.3 Å². The van der Waals surface area contributed by atoms with E-state index in [1.807, 2.05) is 49.3 Å². The molecule has 5 heteroatoms. The molecule has 0 heterocycles. The van der Waals surface area contributed by atoms with Crippen LogP contribution in [0.4, 0.5) is 0 Å². The molecule has 22 heavy (non-hydrogen) atoms. The Bertz CT molecular complexity index is 642. The van der Waals surface area contributed by atoms with Gasteiger partial charge in [0.25, 0.3) is 5.91 Å². The molecule has 0 aromatic heterocycles. The molecule has 3 N–H and O–H groups in total. The molecule has 0 saturated heterocycles. The van der Waals surface area contributed by atoms with Gasteiger partial charge in [-0.25, -0.2) is 0 Å². The second-order valence-corrected chi connectivity index (χ2v) is 5.30. The predicted molar refractivity (Wildman–Crippen MR) is 85.0 cm³/mol. The van der Waals surface area contributed by atoms with E-state index in [9.17, 15) is 15.0 Å². The summed E-state index contributed by atoms with van der Waals surface area (Å²) in [6.45, 7) is 0.394. The van der Waals surface area contributed by atoms with E-state index in [0.29, 0.717) is 6.54 Å². The summed E-state index contributed by atoms with van der Waals surface area (Å²) in [5, 5.41) is 21.9. The first-order valence-corrected chi connectivity index (χ1v) is 7.00. The summed E-state index contributed by atoms with van der Waals surface area (Å²) in [6, 6.07) is 13.8. The zero-order chi connectivity index (χ0) is 16.1. The van der Waals surface area contributed by atoms with Crippen molar-refractivity contribution in [3.63, 3.8) is 0 Å². The highest BCUT2D eigenvalue weighted by Crippen LogP contribution is 2.22. The van der Waals surface area contributed by atoms with Gasteiger partial charge in [-0.15, -0.1) is 0 Å². The van der Waals surface area contributed by atoms with Crippen LogP contribution in [0.5, 0.6) is 11.5 Å². The maximum absolute atomic E-state index is 12.2. The number of amides is 1. The van der Waals surface area contributed by atoms with E-state index in [1.165, 1.54) is 18.2 Å². The summed E-state index contributed by atoms with van der Waals surface area (Å²) in [5.41, 5.74) is 1.15. The largest absolute Gasteiger partial charge is 0.508 e. The van der Waals surface area contributed by atoms with Crippen molar-refractivity contribution in [2.75, 3.05) is 20.6 Å². The number of phenolic OH excluding ortho intramolecular Hbond substituents is 2. The summed E-state index contributed by atoms with van der Waals surface area (Å²) in [7, 11) is 3.88. The van der Waals surface area contributed by atoms with E-state index < -0.39 is 5.91 Å². The minimum Gasteiger partial charge on any atom is -0.508 e. The summed E-state index contributed by atoms with van der Waals surface area (Å²) >= 11 is 0. The average Bonchev–Trinajstić information content (AvgIpc) is 2.50. The Hall–Kier alpha value is -2.53. The van der Waals surface area contributed by atoms with E-state index in [-0.39, 0.29) is 23.1 Å². The Balaban J connectivity index is 2.10. The number of aromatic hydroxyl groups is 2. The third-order valence-corrected chi connectivity index (χ3v) is 3.49. The van der Waals surface area contributed by atoms with Gasteiger partial charge in [0.05, 0.1) is 11.6 Å². The maximum Gasteiger partial charge on any atom is 0.255 e. The summed E-state index contributed by atoms with van der Waals surface area (Å²) in [4.78, 5) is 14.2. The van der Waals surface area contributed by atoms with Gasteiger partial charge in [-0.05, 0) is 37.9 Å². The van der Waals surface area contributed by atoms with Crippen LogP contribution in [-0.2, 0) is 0 Å². The lowest BCUT2D eigenvalue weighted by molar-refractivity contribution is 0.0939. The lowest BCUT2D eigenvalue weighted by Crippen LogP contribution is -2.34. The Morgan fingerprint density at radius 2 is 1.82 bits per heavy atom. The Morgan fingerprint density at radius 1 is 1.14 bits per heavy atom. The highest BCUT2D eigenvalue weighted by molar-refractivity contribution is 5.97. The van der Waals surface area contributed by atoms with Gasteiger partial charge in [0.15, 0.2) is 0 Å². The van der Waals surface area contributed by atoms with Crippen LogP contribution in [0.15, 0.2) is 48.5 Å². The fourth-order valence-corrected chi connectivity index (χ4v) is 2.26. The zero-order valence-corrected chi connectivity index (χ0v) is 12.7. The molecular weight excluding hydrogens is 280 g/mol. The number of phenols is 2. The van der Waals surface area contributed by atoms with Gasteiger partial charge >= 0.3 is 0 Å². The van der Waals surface area contributed by atoms with Gasteiger partial charge in [0, 0.05) is 6.54 Å². The Morgan fingerprint density at radius 3 is 2.45 bits per heavy atom. The van der Waals surface area contributed by atoms with Crippen LogP contribution in [0.3, 0.4) is 0 Å². The number of nitrogens with zero attached hydrogens (tertiary/aromatic N) is 1. The number of hydrogen-bond acceptors (Lipinski definition) is 4. The molecule has 0 spiro atoms. The Kier molecular flexibility index (Phi) is 5.01. The average molecular weight is 300 g/mol. The number of likely N-dealkylation sites (N-methyl/N-ethyl adjacent to an activating group) is 1. The normalized spacial score (nSPS) is 12.1. The molecule has 1 atom stereocenters. The third kappa shape index (κ3) is 3.77. The lowest BCUT2D eigenvalue weighted by Gasteiger charge is -2.25. The molecule has 0 radical (unpaired) electrons. The first-order chi connectivity index (χ1) is 10.5. The minimum atomic E-state index is -0.420. The fraction of sp³-hybridized carbons (Fsp3) is 0.235. The molecule has 0 aliphatic rings. The van der Waals surface area contributed by atoms with Crippen molar-refractivity contribution >= 4 is 5.91 Å². The van der Waals surface area contributed by atoms with E-state index >= 15 is 0 Å². The lowest BCUT2D eigenvalue weighted by atomic mass is 10.1. The van der Waals surface area contributed by atoms with Crippen LogP contribution in [0, 0.1) is 0 Å².